The number of rotatable bonds is 5. The zero-order valence-corrected chi connectivity index (χ0v) is 10.5. The first kappa shape index (κ1) is 14.0. The maximum Gasteiger partial charge on any atom is 0.404 e. The van der Waals surface area contributed by atoms with Gasteiger partial charge >= 0.3 is 6.09 Å². The highest BCUT2D eigenvalue weighted by Crippen LogP contribution is 2.17. The van der Waals surface area contributed by atoms with Crippen molar-refractivity contribution in [2.75, 3.05) is 25.5 Å². The Hall–Kier alpha value is -2.02. The fourth-order valence-corrected chi connectivity index (χ4v) is 1.35. The van der Waals surface area contributed by atoms with Crippen molar-refractivity contribution in [3.63, 3.8) is 0 Å². The summed E-state index contributed by atoms with van der Waals surface area (Å²) in [6, 6.07) is 1.52. The Labute approximate surface area is 109 Å². The molecule has 98 valence electrons. The van der Waals surface area contributed by atoms with Crippen molar-refractivity contribution in [1.29, 1.82) is 0 Å². The van der Waals surface area contributed by atoms with Gasteiger partial charge in [-0.2, -0.15) is 0 Å². The second-order valence-electron chi connectivity index (χ2n) is 3.22. The minimum atomic E-state index is -0.885. The summed E-state index contributed by atoms with van der Waals surface area (Å²) in [5.41, 5.74) is 5.06. The van der Waals surface area contributed by atoms with E-state index in [0.717, 1.165) is 0 Å². The number of primary amides is 1. The van der Waals surface area contributed by atoms with Crippen molar-refractivity contribution in [2.45, 2.75) is 0 Å². The minimum Gasteiger partial charge on any atom is -0.448 e. The van der Waals surface area contributed by atoms with Crippen molar-refractivity contribution in [1.82, 2.24) is 10.3 Å². The van der Waals surface area contributed by atoms with Crippen LogP contribution in [0.2, 0.25) is 5.02 Å². The van der Waals surface area contributed by atoms with E-state index in [2.05, 4.69) is 20.4 Å². The van der Waals surface area contributed by atoms with E-state index in [0.29, 0.717) is 5.82 Å². The Morgan fingerprint density at radius 3 is 2.89 bits per heavy atom. The number of carbonyl (C=O) groups excluding carboxylic acids is 2. The Balaban J connectivity index is 2.58. The normalized spacial score (nSPS) is 9.67. The monoisotopic (exact) mass is 272 g/mol. The van der Waals surface area contributed by atoms with Crippen LogP contribution in [-0.4, -0.2) is 37.2 Å². The van der Waals surface area contributed by atoms with Crippen LogP contribution in [-0.2, 0) is 4.74 Å². The molecule has 1 heterocycles. The van der Waals surface area contributed by atoms with Gasteiger partial charge in [-0.25, -0.2) is 9.78 Å². The molecule has 1 aromatic heterocycles. The third-order valence-corrected chi connectivity index (χ3v) is 2.29. The van der Waals surface area contributed by atoms with E-state index in [-0.39, 0.29) is 29.6 Å². The summed E-state index contributed by atoms with van der Waals surface area (Å²) in [7, 11) is 1.68. The number of nitrogens with one attached hydrogen (secondary N) is 2. The molecule has 7 nitrogen and oxygen atoms in total. The van der Waals surface area contributed by atoms with E-state index in [1.807, 2.05) is 0 Å². The molecule has 0 saturated heterocycles. The van der Waals surface area contributed by atoms with Gasteiger partial charge in [0.15, 0.2) is 0 Å². The lowest BCUT2D eigenvalue weighted by molar-refractivity contribution is 0.0937. The molecule has 0 atom stereocenters. The van der Waals surface area contributed by atoms with Gasteiger partial charge < -0.3 is 21.1 Å². The van der Waals surface area contributed by atoms with Gasteiger partial charge in [0.25, 0.3) is 5.91 Å². The standard InChI is InChI=1S/C10H13ClN4O3/c1-13-8-4-6(7(11)5-15-8)9(16)14-2-3-18-10(12)17/h4-5H,2-3H2,1H3,(H2,12,17)(H,13,15)(H,14,16). The lowest BCUT2D eigenvalue weighted by atomic mass is 10.2. The van der Waals surface area contributed by atoms with Crippen LogP contribution < -0.4 is 16.4 Å². The van der Waals surface area contributed by atoms with Crippen LogP contribution >= 0.6 is 11.6 Å². The molecule has 0 unspecified atom stereocenters. The van der Waals surface area contributed by atoms with E-state index in [9.17, 15) is 9.59 Å². The van der Waals surface area contributed by atoms with Gasteiger partial charge in [0.1, 0.15) is 12.4 Å². The summed E-state index contributed by atoms with van der Waals surface area (Å²) >= 11 is 5.85. The maximum atomic E-state index is 11.8. The molecule has 0 aliphatic carbocycles. The summed E-state index contributed by atoms with van der Waals surface area (Å²) in [6.45, 7) is 0.151. The Morgan fingerprint density at radius 2 is 2.28 bits per heavy atom. The number of anilines is 1. The average Bonchev–Trinajstić information content (AvgIpc) is 2.34. The lowest BCUT2D eigenvalue weighted by Gasteiger charge is -2.08. The zero-order chi connectivity index (χ0) is 13.5. The minimum absolute atomic E-state index is 0.00264. The van der Waals surface area contributed by atoms with Crippen molar-refractivity contribution in [3.8, 4) is 0 Å². The summed E-state index contributed by atoms with van der Waals surface area (Å²) in [5, 5.41) is 5.57. The molecule has 0 saturated carbocycles. The van der Waals surface area contributed by atoms with Gasteiger partial charge in [0, 0.05) is 13.2 Å². The van der Waals surface area contributed by atoms with Gasteiger partial charge in [-0.1, -0.05) is 11.6 Å². The van der Waals surface area contributed by atoms with E-state index >= 15 is 0 Å². The number of aromatic nitrogens is 1. The molecule has 0 radical (unpaired) electrons. The summed E-state index contributed by atoms with van der Waals surface area (Å²) < 4.78 is 4.47. The molecular weight excluding hydrogens is 260 g/mol. The van der Waals surface area contributed by atoms with Crippen molar-refractivity contribution in [2.24, 2.45) is 5.73 Å². The Kier molecular flexibility index (Phi) is 5.19. The van der Waals surface area contributed by atoms with Crippen LogP contribution in [0.4, 0.5) is 10.6 Å². The highest BCUT2D eigenvalue weighted by atomic mass is 35.5. The second-order valence-corrected chi connectivity index (χ2v) is 3.63. The highest BCUT2D eigenvalue weighted by molar-refractivity contribution is 6.33. The highest BCUT2D eigenvalue weighted by Gasteiger charge is 2.11. The number of amides is 2. The fraction of sp³-hybridized carbons (Fsp3) is 0.300. The first-order chi connectivity index (χ1) is 8.54. The number of hydrogen-bond donors (Lipinski definition) is 3. The Bertz CT molecular complexity index is 453. The molecule has 0 bridgehead atoms. The molecule has 0 aliphatic heterocycles. The number of carbonyl (C=O) groups is 2. The van der Waals surface area contributed by atoms with Gasteiger partial charge in [0.05, 0.1) is 17.1 Å². The smallest absolute Gasteiger partial charge is 0.404 e. The van der Waals surface area contributed by atoms with Crippen LogP contribution in [0.3, 0.4) is 0 Å². The van der Waals surface area contributed by atoms with Crippen LogP contribution in [0, 0.1) is 0 Å². The molecule has 18 heavy (non-hydrogen) atoms. The molecule has 2 amide bonds. The molecule has 8 heteroatoms. The summed E-state index contributed by atoms with van der Waals surface area (Å²) in [4.78, 5) is 26.0. The first-order valence-corrected chi connectivity index (χ1v) is 5.46. The Morgan fingerprint density at radius 1 is 1.56 bits per heavy atom. The fourth-order valence-electron chi connectivity index (χ4n) is 1.16. The molecule has 0 aromatic carbocycles. The van der Waals surface area contributed by atoms with E-state index in [1.54, 1.807) is 7.05 Å². The van der Waals surface area contributed by atoms with Crippen LogP contribution in [0.1, 0.15) is 10.4 Å². The van der Waals surface area contributed by atoms with Gasteiger partial charge in [-0.3, -0.25) is 4.79 Å². The molecular formula is C10H13ClN4O3. The van der Waals surface area contributed by atoms with Crippen LogP contribution in [0.5, 0.6) is 0 Å². The first-order valence-electron chi connectivity index (χ1n) is 5.08. The van der Waals surface area contributed by atoms with Crippen molar-refractivity contribution >= 4 is 29.4 Å². The van der Waals surface area contributed by atoms with Crippen LogP contribution in [0.15, 0.2) is 12.3 Å². The maximum absolute atomic E-state index is 11.8. The molecule has 0 fully saturated rings. The molecule has 4 N–H and O–H groups in total. The number of hydrogen-bond acceptors (Lipinski definition) is 5. The lowest BCUT2D eigenvalue weighted by Crippen LogP contribution is -2.29. The van der Waals surface area contributed by atoms with Gasteiger partial charge in [0.2, 0.25) is 0 Å². The molecule has 0 aliphatic rings. The number of ether oxygens (including phenoxy) is 1. The average molecular weight is 273 g/mol. The van der Waals surface area contributed by atoms with Gasteiger partial charge in [-0.15, -0.1) is 0 Å². The molecule has 1 rings (SSSR count). The van der Waals surface area contributed by atoms with E-state index in [4.69, 9.17) is 17.3 Å². The van der Waals surface area contributed by atoms with E-state index < -0.39 is 6.09 Å². The van der Waals surface area contributed by atoms with Crippen molar-refractivity contribution in [3.05, 3.63) is 22.8 Å². The summed E-state index contributed by atoms with van der Waals surface area (Å²) in [5.74, 6) is 0.143. The number of nitrogens with two attached hydrogens (primary N) is 1. The molecule has 0 spiro atoms. The SMILES string of the molecule is CNc1cc(C(=O)NCCOC(N)=O)c(Cl)cn1. The van der Waals surface area contributed by atoms with Gasteiger partial charge in [-0.05, 0) is 6.07 Å². The topological polar surface area (TPSA) is 106 Å². The zero-order valence-electron chi connectivity index (χ0n) is 9.70. The van der Waals surface area contributed by atoms with E-state index in [1.165, 1.54) is 12.3 Å². The predicted octanol–water partition coefficient (Wildman–Crippen LogP) is 0.602. The largest absolute Gasteiger partial charge is 0.448 e. The number of halogens is 1. The third kappa shape index (κ3) is 4.10. The second kappa shape index (κ2) is 6.65. The van der Waals surface area contributed by atoms with Crippen molar-refractivity contribution < 1.29 is 14.3 Å². The number of nitrogens with zero attached hydrogens (tertiary/aromatic N) is 1. The summed E-state index contributed by atoms with van der Waals surface area (Å²) in [6.07, 6.45) is 0.492. The number of pyridine rings is 1. The predicted molar refractivity (Wildman–Crippen MR) is 66.7 cm³/mol. The quantitative estimate of drug-likeness (QED) is 0.681. The third-order valence-electron chi connectivity index (χ3n) is 1.99. The van der Waals surface area contributed by atoms with Crippen LogP contribution in [0.25, 0.3) is 0 Å². The molecule has 1 aromatic rings.